The molecule has 0 saturated heterocycles. The van der Waals surface area contributed by atoms with Gasteiger partial charge in [0.15, 0.2) is 0 Å². The molecule has 1 aliphatic rings. The number of carbonyl (C=O) groups excluding carboxylic acids is 2. The third kappa shape index (κ3) is 7.17. The van der Waals surface area contributed by atoms with Crippen molar-refractivity contribution in [2.45, 2.75) is 64.3 Å². The van der Waals surface area contributed by atoms with Gasteiger partial charge in [-0.2, -0.15) is 0 Å². The van der Waals surface area contributed by atoms with E-state index in [9.17, 15) is 14.4 Å². The number of rotatable bonds is 11. The number of unbranched alkanes of at least 4 members (excludes halogenated alkanes) is 1. The van der Waals surface area contributed by atoms with Crippen molar-refractivity contribution in [1.82, 2.24) is 5.32 Å². The molecule has 30 heavy (non-hydrogen) atoms. The van der Waals surface area contributed by atoms with Crippen LogP contribution in [0.4, 0.5) is 0 Å². The highest BCUT2D eigenvalue weighted by Gasteiger charge is 2.32. The lowest BCUT2D eigenvalue weighted by Gasteiger charge is -2.36. The number of carbonyl (C=O) groups is 3. The van der Waals surface area contributed by atoms with Crippen LogP contribution in [0, 0.1) is 0 Å². The van der Waals surface area contributed by atoms with E-state index in [4.69, 9.17) is 9.84 Å². The number of ether oxygens (including phenoxy) is 1. The highest BCUT2D eigenvalue weighted by Crippen LogP contribution is 2.35. The molecule has 0 radical (unpaired) electrons. The molecule has 0 aromatic heterocycles. The van der Waals surface area contributed by atoms with Gasteiger partial charge in [0.05, 0.1) is 18.6 Å². The molecule has 6 nitrogen and oxygen atoms in total. The molecule has 1 aromatic rings. The van der Waals surface area contributed by atoms with Crippen molar-refractivity contribution in [2.24, 2.45) is 0 Å². The van der Waals surface area contributed by atoms with Crippen LogP contribution in [0.3, 0.4) is 0 Å². The second-order valence-electron chi connectivity index (χ2n) is 7.68. The molecule has 1 amide bonds. The van der Waals surface area contributed by atoms with Crippen LogP contribution >= 0.6 is 0 Å². The Balaban J connectivity index is 2.09. The van der Waals surface area contributed by atoms with Crippen molar-refractivity contribution < 1.29 is 24.2 Å². The summed E-state index contributed by atoms with van der Waals surface area (Å²) in [4.78, 5) is 34.8. The Bertz CT molecular complexity index is 812. The zero-order chi connectivity index (χ0) is 22.0. The van der Waals surface area contributed by atoms with E-state index < -0.39 is 11.5 Å². The molecular weight excluding hydrogens is 382 g/mol. The highest BCUT2D eigenvalue weighted by atomic mass is 16.5. The quantitative estimate of drug-likeness (QED) is 0.418. The Morgan fingerprint density at radius 1 is 1.10 bits per heavy atom. The molecule has 0 fully saturated rings. The van der Waals surface area contributed by atoms with E-state index in [1.807, 2.05) is 30.4 Å². The van der Waals surface area contributed by atoms with Gasteiger partial charge in [-0.25, -0.2) is 0 Å². The first-order chi connectivity index (χ1) is 14.3. The van der Waals surface area contributed by atoms with Gasteiger partial charge in [0.2, 0.25) is 5.91 Å². The molecule has 2 rings (SSSR count). The third-order valence-electron chi connectivity index (χ3n) is 5.21. The van der Waals surface area contributed by atoms with Gasteiger partial charge in [0, 0.05) is 12.8 Å². The van der Waals surface area contributed by atoms with Gasteiger partial charge in [0.25, 0.3) is 0 Å². The molecular formula is C24H31NO5. The fourth-order valence-corrected chi connectivity index (χ4v) is 3.80. The Kier molecular flexibility index (Phi) is 8.84. The van der Waals surface area contributed by atoms with Crippen molar-refractivity contribution in [1.29, 1.82) is 0 Å². The largest absolute Gasteiger partial charge is 0.481 e. The van der Waals surface area contributed by atoms with Gasteiger partial charge in [-0.15, -0.1) is 0 Å². The summed E-state index contributed by atoms with van der Waals surface area (Å²) in [7, 11) is 0. The van der Waals surface area contributed by atoms with Crippen LogP contribution in [0.1, 0.15) is 64.4 Å². The average molecular weight is 414 g/mol. The summed E-state index contributed by atoms with van der Waals surface area (Å²) < 4.78 is 4.97. The van der Waals surface area contributed by atoms with E-state index in [-0.39, 0.29) is 24.7 Å². The van der Waals surface area contributed by atoms with Crippen molar-refractivity contribution in [3.63, 3.8) is 0 Å². The van der Waals surface area contributed by atoms with Gasteiger partial charge in [-0.3, -0.25) is 14.4 Å². The maximum atomic E-state index is 12.4. The van der Waals surface area contributed by atoms with Crippen LogP contribution in [-0.2, 0) is 19.1 Å². The van der Waals surface area contributed by atoms with E-state index in [2.05, 4.69) is 24.4 Å². The first-order valence-electron chi connectivity index (χ1n) is 10.5. The maximum absolute atomic E-state index is 12.4. The summed E-state index contributed by atoms with van der Waals surface area (Å²) in [5, 5.41) is 11.9. The van der Waals surface area contributed by atoms with Crippen LogP contribution in [0.25, 0.3) is 5.57 Å². The van der Waals surface area contributed by atoms with E-state index in [1.165, 1.54) is 0 Å². The summed E-state index contributed by atoms with van der Waals surface area (Å²) in [6, 6.07) is 10.1. The molecule has 6 heteroatoms. The van der Waals surface area contributed by atoms with Gasteiger partial charge in [-0.1, -0.05) is 54.5 Å². The lowest BCUT2D eigenvalue weighted by atomic mass is 9.78. The molecule has 1 aliphatic carbocycles. The molecule has 0 bridgehead atoms. The third-order valence-corrected chi connectivity index (χ3v) is 5.21. The van der Waals surface area contributed by atoms with E-state index >= 15 is 0 Å². The zero-order valence-electron chi connectivity index (χ0n) is 17.8. The normalized spacial score (nSPS) is 18.2. The van der Waals surface area contributed by atoms with Crippen LogP contribution < -0.4 is 5.32 Å². The predicted molar refractivity (Wildman–Crippen MR) is 116 cm³/mol. The molecule has 1 atom stereocenters. The Labute approximate surface area is 178 Å². The summed E-state index contributed by atoms with van der Waals surface area (Å²) in [5.41, 5.74) is 2.84. The van der Waals surface area contributed by atoms with E-state index in [0.29, 0.717) is 32.3 Å². The van der Waals surface area contributed by atoms with Gasteiger partial charge in [-0.05, 0) is 44.2 Å². The minimum Gasteiger partial charge on any atom is -0.481 e. The standard InChI is InChI=1S/C24H31NO5/c1-3-30-23(29)11-7-8-15-24(25-21(26)12-13-22(27)28)16-14-20(18(2)17-24)19-9-5-4-6-10-19/h4-6,9-10,14,16H,3,7-8,11-13,15,17H2,1-2H3,(H,25,26)(H,27,28)/t24-/m1/s1. The van der Waals surface area contributed by atoms with Gasteiger partial charge < -0.3 is 15.2 Å². The van der Waals surface area contributed by atoms with E-state index in [1.54, 1.807) is 6.92 Å². The molecule has 0 heterocycles. The minimum atomic E-state index is -0.990. The summed E-state index contributed by atoms with van der Waals surface area (Å²) in [6.45, 7) is 4.21. The number of carboxylic acid groups (broad SMARTS) is 1. The summed E-state index contributed by atoms with van der Waals surface area (Å²) in [6.07, 6.45) is 6.89. The number of hydrogen-bond donors (Lipinski definition) is 2. The van der Waals surface area contributed by atoms with Crippen LogP contribution in [-0.4, -0.2) is 35.1 Å². The summed E-state index contributed by atoms with van der Waals surface area (Å²) in [5.74, 6) is -1.47. The number of esters is 1. The Morgan fingerprint density at radius 2 is 1.83 bits per heavy atom. The van der Waals surface area contributed by atoms with Crippen molar-refractivity contribution in [3.8, 4) is 0 Å². The topological polar surface area (TPSA) is 92.7 Å². The SMILES string of the molecule is CCOC(=O)CCCC[C@@]1(NC(=O)CCC(=O)O)C=CC(c2ccccc2)=C(C)C1. The fourth-order valence-electron chi connectivity index (χ4n) is 3.80. The average Bonchev–Trinajstić information content (AvgIpc) is 2.71. The smallest absolute Gasteiger partial charge is 0.305 e. The molecule has 0 saturated carbocycles. The van der Waals surface area contributed by atoms with Crippen molar-refractivity contribution >= 4 is 23.4 Å². The number of carboxylic acids is 1. The highest BCUT2D eigenvalue weighted by molar-refractivity contribution is 5.83. The van der Waals surface area contributed by atoms with Crippen LogP contribution in [0.2, 0.25) is 0 Å². The van der Waals surface area contributed by atoms with Crippen LogP contribution in [0.5, 0.6) is 0 Å². The molecule has 0 spiro atoms. The van der Waals surface area contributed by atoms with Gasteiger partial charge >= 0.3 is 11.9 Å². The Hall–Kier alpha value is -2.89. The first-order valence-corrected chi connectivity index (χ1v) is 10.5. The Morgan fingerprint density at radius 3 is 2.47 bits per heavy atom. The summed E-state index contributed by atoms with van der Waals surface area (Å²) >= 11 is 0. The molecule has 162 valence electrons. The zero-order valence-corrected chi connectivity index (χ0v) is 17.8. The predicted octanol–water partition coefficient (Wildman–Crippen LogP) is 4.26. The molecule has 0 aliphatic heterocycles. The number of aliphatic carboxylic acids is 1. The fraction of sp³-hybridized carbons (Fsp3) is 0.458. The monoisotopic (exact) mass is 413 g/mol. The number of benzene rings is 1. The number of allylic oxidation sites excluding steroid dienone is 2. The first kappa shape index (κ1) is 23.4. The molecule has 1 aromatic carbocycles. The van der Waals surface area contributed by atoms with E-state index in [0.717, 1.165) is 23.1 Å². The van der Waals surface area contributed by atoms with Gasteiger partial charge in [0.1, 0.15) is 0 Å². The van der Waals surface area contributed by atoms with Crippen molar-refractivity contribution in [2.75, 3.05) is 6.61 Å². The molecule has 0 unspecified atom stereocenters. The number of amides is 1. The number of nitrogens with one attached hydrogen (secondary N) is 1. The van der Waals surface area contributed by atoms with Crippen LogP contribution in [0.15, 0.2) is 48.1 Å². The lowest BCUT2D eigenvalue weighted by Crippen LogP contribution is -2.48. The molecule has 2 N–H and O–H groups in total. The second-order valence-corrected chi connectivity index (χ2v) is 7.68. The van der Waals surface area contributed by atoms with Crippen molar-refractivity contribution in [3.05, 3.63) is 53.6 Å². The maximum Gasteiger partial charge on any atom is 0.305 e. The minimum absolute atomic E-state index is 0.0535. The lowest BCUT2D eigenvalue weighted by molar-refractivity contribution is -0.143. The second kappa shape index (κ2) is 11.3. The number of hydrogen-bond acceptors (Lipinski definition) is 4.